The normalized spacial score (nSPS) is 10.7. The molecule has 0 saturated heterocycles. The molecule has 1 heterocycles. The zero-order chi connectivity index (χ0) is 12.3. The van der Waals surface area contributed by atoms with Gasteiger partial charge in [0.25, 0.3) is 0 Å². The molecule has 0 atom stereocenters. The molecular weight excluding hydrogens is 219 g/mol. The number of nitrogens with two attached hydrogens (primary N) is 1. The summed E-state index contributed by atoms with van der Waals surface area (Å²) in [6.45, 7) is 2.50. The fourth-order valence-corrected chi connectivity index (χ4v) is 1.66. The van der Waals surface area contributed by atoms with Crippen molar-refractivity contribution in [2.45, 2.75) is 26.3 Å². The van der Waals surface area contributed by atoms with Crippen LogP contribution in [0, 0.1) is 5.82 Å². The Bertz CT molecular complexity index is 507. The Morgan fingerprint density at radius 1 is 1.41 bits per heavy atom. The van der Waals surface area contributed by atoms with Gasteiger partial charge in [-0.05, 0) is 24.1 Å². The maximum Gasteiger partial charge on any atom is 0.219 e. The maximum absolute atomic E-state index is 13.0. The first-order chi connectivity index (χ1) is 8.19. The van der Waals surface area contributed by atoms with Gasteiger partial charge in [0, 0.05) is 6.42 Å². The van der Waals surface area contributed by atoms with Crippen LogP contribution in [0.15, 0.2) is 24.3 Å². The van der Waals surface area contributed by atoms with Crippen molar-refractivity contribution in [2.24, 2.45) is 0 Å². The fourth-order valence-electron chi connectivity index (χ4n) is 1.66. The van der Waals surface area contributed by atoms with Crippen LogP contribution in [0.5, 0.6) is 0 Å². The molecule has 0 spiro atoms. The molecule has 0 saturated carbocycles. The first kappa shape index (κ1) is 11.6. The summed E-state index contributed by atoms with van der Waals surface area (Å²) in [6, 6.07) is 6.39. The van der Waals surface area contributed by atoms with E-state index in [-0.39, 0.29) is 5.82 Å². The molecule has 0 aliphatic carbocycles. The van der Waals surface area contributed by atoms with Gasteiger partial charge in [-0.15, -0.1) is 0 Å². The Labute approximate surface area is 99.3 Å². The fraction of sp³-hybridized carbons (Fsp3) is 0.333. The molecule has 2 aromatic rings. The van der Waals surface area contributed by atoms with Crippen LogP contribution in [0.2, 0.25) is 0 Å². The molecule has 5 heteroatoms. The number of rotatable bonds is 4. The van der Waals surface area contributed by atoms with Gasteiger partial charge in [-0.3, -0.25) is 0 Å². The van der Waals surface area contributed by atoms with Gasteiger partial charge < -0.3 is 5.73 Å². The number of nitrogen functional groups attached to an aromatic ring is 1. The largest absolute Gasteiger partial charge is 0.368 e. The second kappa shape index (κ2) is 4.95. The van der Waals surface area contributed by atoms with Crippen molar-refractivity contribution in [3.63, 3.8) is 0 Å². The summed E-state index contributed by atoms with van der Waals surface area (Å²) in [5, 5.41) is 4.28. The highest BCUT2D eigenvalue weighted by Gasteiger charge is 2.06. The standard InChI is InChI=1S/C12H15FN4/c1-2-4-11-15-12(14)17(16-11)8-9-5-3-6-10(13)7-9/h3,5-7H,2,4,8H2,1H3,(H2,14,15,16). The second-order valence-corrected chi connectivity index (χ2v) is 3.92. The van der Waals surface area contributed by atoms with Crippen LogP contribution in [0.4, 0.5) is 10.3 Å². The minimum atomic E-state index is -0.255. The average molecular weight is 234 g/mol. The minimum absolute atomic E-state index is 0.255. The quantitative estimate of drug-likeness (QED) is 0.880. The zero-order valence-corrected chi connectivity index (χ0v) is 9.73. The Hall–Kier alpha value is -1.91. The van der Waals surface area contributed by atoms with E-state index >= 15 is 0 Å². The van der Waals surface area contributed by atoms with E-state index in [0.29, 0.717) is 12.5 Å². The number of nitrogens with zero attached hydrogens (tertiary/aromatic N) is 3. The van der Waals surface area contributed by atoms with Gasteiger partial charge in [0.2, 0.25) is 5.95 Å². The number of aromatic nitrogens is 3. The van der Waals surface area contributed by atoms with E-state index in [9.17, 15) is 4.39 Å². The second-order valence-electron chi connectivity index (χ2n) is 3.92. The molecule has 1 aromatic heterocycles. The third-order valence-electron chi connectivity index (χ3n) is 2.44. The molecule has 2 N–H and O–H groups in total. The first-order valence-electron chi connectivity index (χ1n) is 5.62. The van der Waals surface area contributed by atoms with Crippen LogP contribution in [-0.2, 0) is 13.0 Å². The molecule has 4 nitrogen and oxygen atoms in total. The summed E-state index contributed by atoms with van der Waals surface area (Å²) in [5.41, 5.74) is 6.58. The summed E-state index contributed by atoms with van der Waals surface area (Å²) in [7, 11) is 0. The number of hydrogen-bond donors (Lipinski definition) is 1. The predicted octanol–water partition coefficient (Wildman–Crippen LogP) is 2.00. The lowest BCUT2D eigenvalue weighted by molar-refractivity contribution is 0.619. The highest BCUT2D eigenvalue weighted by atomic mass is 19.1. The number of benzene rings is 1. The molecule has 90 valence electrons. The molecule has 0 fully saturated rings. The summed E-state index contributed by atoms with van der Waals surface area (Å²) in [5.74, 6) is 0.856. The molecule has 0 aliphatic rings. The molecule has 0 bridgehead atoms. The van der Waals surface area contributed by atoms with E-state index in [1.165, 1.54) is 12.1 Å². The lowest BCUT2D eigenvalue weighted by Crippen LogP contribution is -2.06. The number of halogens is 1. The highest BCUT2D eigenvalue weighted by Crippen LogP contribution is 2.09. The SMILES string of the molecule is CCCc1nc(N)n(Cc2cccc(F)c2)n1. The van der Waals surface area contributed by atoms with Crippen LogP contribution in [-0.4, -0.2) is 14.8 Å². The van der Waals surface area contributed by atoms with Gasteiger partial charge in [0.1, 0.15) is 5.82 Å². The Morgan fingerprint density at radius 3 is 2.94 bits per heavy atom. The monoisotopic (exact) mass is 234 g/mol. The highest BCUT2D eigenvalue weighted by molar-refractivity contribution is 5.21. The molecule has 0 unspecified atom stereocenters. The Balaban J connectivity index is 2.18. The summed E-state index contributed by atoms with van der Waals surface area (Å²) in [6.07, 6.45) is 1.78. The van der Waals surface area contributed by atoms with Crippen LogP contribution in [0.3, 0.4) is 0 Å². The lowest BCUT2D eigenvalue weighted by Gasteiger charge is -2.02. The molecule has 1 aromatic carbocycles. The molecular formula is C12H15FN4. The third kappa shape index (κ3) is 2.81. The van der Waals surface area contributed by atoms with Crippen molar-refractivity contribution in [1.82, 2.24) is 14.8 Å². The van der Waals surface area contributed by atoms with Crippen LogP contribution >= 0.6 is 0 Å². The van der Waals surface area contributed by atoms with Gasteiger partial charge in [0.05, 0.1) is 6.54 Å². The third-order valence-corrected chi connectivity index (χ3v) is 2.44. The van der Waals surface area contributed by atoms with E-state index in [1.807, 2.05) is 6.07 Å². The average Bonchev–Trinajstić information content (AvgIpc) is 2.60. The lowest BCUT2D eigenvalue weighted by atomic mass is 10.2. The van der Waals surface area contributed by atoms with Crippen molar-refractivity contribution < 1.29 is 4.39 Å². The van der Waals surface area contributed by atoms with Gasteiger partial charge >= 0.3 is 0 Å². The molecule has 2 rings (SSSR count). The van der Waals surface area contributed by atoms with Crippen molar-refractivity contribution in [3.8, 4) is 0 Å². The summed E-state index contributed by atoms with van der Waals surface area (Å²) in [4.78, 5) is 4.15. The van der Waals surface area contributed by atoms with Crippen molar-refractivity contribution >= 4 is 5.95 Å². The molecule has 0 amide bonds. The number of aryl methyl sites for hydroxylation is 1. The topological polar surface area (TPSA) is 56.7 Å². The minimum Gasteiger partial charge on any atom is -0.368 e. The van der Waals surface area contributed by atoms with Crippen molar-refractivity contribution in [3.05, 3.63) is 41.5 Å². The molecule has 0 radical (unpaired) electrons. The Morgan fingerprint density at radius 2 is 2.24 bits per heavy atom. The predicted molar refractivity (Wildman–Crippen MR) is 63.9 cm³/mol. The smallest absolute Gasteiger partial charge is 0.219 e. The van der Waals surface area contributed by atoms with E-state index in [4.69, 9.17) is 5.73 Å². The van der Waals surface area contributed by atoms with Gasteiger partial charge in [-0.1, -0.05) is 19.1 Å². The summed E-state index contributed by atoms with van der Waals surface area (Å²) >= 11 is 0. The van der Waals surface area contributed by atoms with E-state index in [1.54, 1.807) is 10.7 Å². The van der Waals surface area contributed by atoms with E-state index in [2.05, 4.69) is 17.0 Å². The summed E-state index contributed by atoms with van der Waals surface area (Å²) < 4.78 is 14.6. The van der Waals surface area contributed by atoms with Crippen LogP contribution < -0.4 is 5.73 Å². The molecule has 17 heavy (non-hydrogen) atoms. The Kier molecular flexibility index (Phi) is 3.37. The number of anilines is 1. The zero-order valence-electron chi connectivity index (χ0n) is 9.73. The van der Waals surface area contributed by atoms with E-state index < -0.39 is 0 Å². The van der Waals surface area contributed by atoms with Crippen LogP contribution in [0.25, 0.3) is 0 Å². The molecule has 0 aliphatic heterocycles. The van der Waals surface area contributed by atoms with Gasteiger partial charge in [-0.25, -0.2) is 9.07 Å². The van der Waals surface area contributed by atoms with Gasteiger partial charge in [-0.2, -0.15) is 10.1 Å². The first-order valence-corrected chi connectivity index (χ1v) is 5.62. The van der Waals surface area contributed by atoms with Crippen molar-refractivity contribution in [1.29, 1.82) is 0 Å². The maximum atomic E-state index is 13.0. The van der Waals surface area contributed by atoms with Crippen molar-refractivity contribution in [2.75, 3.05) is 5.73 Å². The van der Waals surface area contributed by atoms with Crippen LogP contribution in [0.1, 0.15) is 24.7 Å². The van der Waals surface area contributed by atoms with Gasteiger partial charge in [0.15, 0.2) is 5.82 Å². The number of hydrogen-bond acceptors (Lipinski definition) is 3. The van der Waals surface area contributed by atoms with E-state index in [0.717, 1.165) is 24.2 Å².